The first-order valence-corrected chi connectivity index (χ1v) is 10.2. The van der Waals surface area contributed by atoms with E-state index in [1.54, 1.807) is 22.8 Å². The Balaban J connectivity index is 1.52. The van der Waals surface area contributed by atoms with Crippen LogP contribution in [-0.2, 0) is 0 Å². The average molecular weight is 380 g/mol. The highest BCUT2D eigenvalue weighted by Crippen LogP contribution is 2.36. The summed E-state index contributed by atoms with van der Waals surface area (Å²) in [5.41, 5.74) is 8.50. The molecule has 1 unspecified atom stereocenters. The lowest BCUT2D eigenvalue weighted by molar-refractivity contribution is 0.0749. The van der Waals surface area contributed by atoms with Crippen LogP contribution >= 0.6 is 11.3 Å². The number of thiazole rings is 1. The van der Waals surface area contributed by atoms with Gasteiger partial charge in [0, 0.05) is 29.4 Å². The van der Waals surface area contributed by atoms with Crippen LogP contribution in [0.15, 0.2) is 35.5 Å². The molecule has 1 aliphatic carbocycles. The number of hydrogen-bond acceptors (Lipinski definition) is 6. The SMILES string of the molecule is Nc1cc(C(=O)N2CCCC3CCCC=C32)cc2nc(-c3nccs3)nn12. The summed E-state index contributed by atoms with van der Waals surface area (Å²) in [5.74, 6) is 1.44. The van der Waals surface area contributed by atoms with Gasteiger partial charge in [0.05, 0.1) is 0 Å². The molecule has 1 aliphatic heterocycles. The van der Waals surface area contributed by atoms with Crippen molar-refractivity contribution in [1.82, 2.24) is 24.5 Å². The van der Waals surface area contributed by atoms with Crippen molar-refractivity contribution in [3.63, 3.8) is 0 Å². The molecule has 1 saturated heterocycles. The van der Waals surface area contributed by atoms with Gasteiger partial charge in [0.25, 0.3) is 5.91 Å². The van der Waals surface area contributed by atoms with Crippen LogP contribution in [0.3, 0.4) is 0 Å². The van der Waals surface area contributed by atoms with E-state index in [-0.39, 0.29) is 5.91 Å². The van der Waals surface area contributed by atoms with E-state index in [0.29, 0.717) is 28.8 Å². The van der Waals surface area contributed by atoms with Crippen LogP contribution in [0, 0.1) is 5.92 Å². The third-order valence-electron chi connectivity index (χ3n) is 5.35. The van der Waals surface area contributed by atoms with Gasteiger partial charge in [-0.1, -0.05) is 6.08 Å². The van der Waals surface area contributed by atoms with Gasteiger partial charge in [-0.3, -0.25) is 4.79 Å². The predicted molar refractivity (Wildman–Crippen MR) is 104 cm³/mol. The number of piperidine rings is 1. The molecule has 7 nitrogen and oxygen atoms in total. The monoisotopic (exact) mass is 380 g/mol. The summed E-state index contributed by atoms with van der Waals surface area (Å²) in [5, 5.41) is 7.04. The summed E-state index contributed by atoms with van der Waals surface area (Å²) < 4.78 is 1.56. The van der Waals surface area contributed by atoms with Gasteiger partial charge in [0.15, 0.2) is 10.7 Å². The fourth-order valence-corrected chi connectivity index (χ4v) is 4.67. The maximum atomic E-state index is 13.2. The molecule has 5 rings (SSSR count). The highest BCUT2D eigenvalue weighted by molar-refractivity contribution is 7.13. The van der Waals surface area contributed by atoms with Crippen molar-refractivity contribution in [2.75, 3.05) is 12.3 Å². The number of likely N-dealkylation sites (tertiary alicyclic amines) is 1. The number of anilines is 1. The van der Waals surface area contributed by atoms with E-state index in [1.807, 2.05) is 10.3 Å². The van der Waals surface area contributed by atoms with Crippen LogP contribution in [0.1, 0.15) is 42.5 Å². The zero-order valence-electron chi connectivity index (χ0n) is 14.8. The van der Waals surface area contributed by atoms with Crippen LogP contribution in [0.25, 0.3) is 16.5 Å². The Morgan fingerprint density at radius 3 is 3.00 bits per heavy atom. The Labute approximate surface area is 160 Å². The molecule has 0 saturated carbocycles. The first-order valence-electron chi connectivity index (χ1n) is 9.29. The number of carbonyl (C=O) groups excluding carboxylic acids is 1. The third-order valence-corrected chi connectivity index (χ3v) is 6.12. The van der Waals surface area contributed by atoms with Gasteiger partial charge in [0.1, 0.15) is 5.82 Å². The molecule has 0 spiro atoms. The minimum Gasteiger partial charge on any atom is -0.384 e. The van der Waals surface area contributed by atoms with Crippen LogP contribution < -0.4 is 5.73 Å². The molecule has 0 radical (unpaired) electrons. The van der Waals surface area contributed by atoms with Gasteiger partial charge < -0.3 is 10.6 Å². The van der Waals surface area contributed by atoms with E-state index in [0.717, 1.165) is 24.4 Å². The summed E-state index contributed by atoms with van der Waals surface area (Å²) in [6, 6.07) is 3.47. The number of allylic oxidation sites excluding steroid dienone is 2. The van der Waals surface area contributed by atoms with Crippen LogP contribution in [0.5, 0.6) is 0 Å². The van der Waals surface area contributed by atoms with Crippen molar-refractivity contribution in [1.29, 1.82) is 0 Å². The van der Waals surface area contributed by atoms with E-state index in [4.69, 9.17) is 5.73 Å². The smallest absolute Gasteiger partial charge is 0.258 e. The summed E-state index contributed by atoms with van der Waals surface area (Å²) in [7, 11) is 0. The van der Waals surface area contributed by atoms with Gasteiger partial charge in [0.2, 0.25) is 5.82 Å². The van der Waals surface area contributed by atoms with Gasteiger partial charge in [-0.25, -0.2) is 9.97 Å². The highest BCUT2D eigenvalue weighted by Gasteiger charge is 2.31. The minimum absolute atomic E-state index is 0.000786. The Hall–Kier alpha value is -2.74. The number of nitrogens with two attached hydrogens (primary N) is 1. The van der Waals surface area contributed by atoms with Crippen molar-refractivity contribution in [2.45, 2.75) is 32.1 Å². The highest BCUT2D eigenvalue weighted by atomic mass is 32.1. The first kappa shape index (κ1) is 16.4. The largest absolute Gasteiger partial charge is 0.384 e. The summed E-state index contributed by atoms with van der Waals surface area (Å²) >= 11 is 1.47. The molecule has 138 valence electrons. The molecule has 4 heterocycles. The Kier molecular flexibility index (Phi) is 3.93. The van der Waals surface area contributed by atoms with Crippen LogP contribution in [0.4, 0.5) is 5.82 Å². The molecule has 1 atom stereocenters. The summed E-state index contributed by atoms with van der Waals surface area (Å²) in [6.45, 7) is 0.767. The van der Waals surface area contributed by atoms with E-state index in [1.165, 1.54) is 36.3 Å². The number of fused-ring (bicyclic) bond motifs is 2. The molecule has 2 aliphatic rings. The zero-order chi connectivity index (χ0) is 18.4. The molecule has 27 heavy (non-hydrogen) atoms. The third kappa shape index (κ3) is 2.80. The Bertz CT molecular complexity index is 1040. The minimum atomic E-state index is 0.000786. The second-order valence-corrected chi connectivity index (χ2v) is 7.96. The number of carbonyl (C=O) groups is 1. The van der Waals surface area contributed by atoms with Crippen molar-refractivity contribution in [3.05, 3.63) is 41.0 Å². The van der Waals surface area contributed by atoms with Gasteiger partial charge >= 0.3 is 0 Å². The predicted octanol–water partition coefficient (Wildman–Crippen LogP) is 3.36. The van der Waals surface area contributed by atoms with Crippen molar-refractivity contribution >= 4 is 28.7 Å². The Morgan fingerprint density at radius 1 is 1.26 bits per heavy atom. The van der Waals surface area contributed by atoms with E-state index in [9.17, 15) is 4.79 Å². The fourth-order valence-electron chi connectivity index (χ4n) is 4.11. The molecule has 1 amide bonds. The molecule has 3 aromatic rings. The number of amides is 1. The molecule has 3 aromatic heterocycles. The van der Waals surface area contributed by atoms with Crippen molar-refractivity contribution in [2.24, 2.45) is 5.92 Å². The molecule has 2 N–H and O–H groups in total. The normalized spacial score (nSPS) is 19.8. The Morgan fingerprint density at radius 2 is 2.15 bits per heavy atom. The number of hydrogen-bond donors (Lipinski definition) is 1. The average Bonchev–Trinajstić information content (AvgIpc) is 3.36. The summed E-state index contributed by atoms with van der Waals surface area (Å²) in [4.78, 5) is 24.0. The quantitative estimate of drug-likeness (QED) is 0.736. The van der Waals surface area contributed by atoms with E-state index >= 15 is 0 Å². The number of aromatic nitrogens is 4. The van der Waals surface area contributed by atoms with Crippen molar-refractivity contribution < 1.29 is 4.79 Å². The molecule has 1 fully saturated rings. The number of nitrogens with zero attached hydrogens (tertiary/aromatic N) is 5. The number of nitrogen functional groups attached to an aromatic ring is 1. The van der Waals surface area contributed by atoms with Crippen molar-refractivity contribution in [3.8, 4) is 10.8 Å². The van der Waals surface area contributed by atoms with Crippen LogP contribution in [0.2, 0.25) is 0 Å². The lowest BCUT2D eigenvalue weighted by atomic mass is 9.84. The maximum Gasteiger partial charge on any atom is 0.258 e. The first-order chi connectivity index (χ1) is 13.2. The molecule has 0 bridgehead atoms. The van der Waals surface area contributed by atoms with Gasteiger partial charge in [-0.05, 0) is 50.2 Å². The molecular weight excluding hydrogens is 360 g/mol. The molecule has 0 aromatic carbocycles. The standard InChI is InChI=1S/C19H20N6OS/c20-15-10-13(11-16-22-17(23-25(15)16)18-21-7-9-27-18)19(26)24-8-3-5-12-4-1-2-6-14(12)24/h6-7,9-12H,1-5,8,20H2. The molecular formula is C19H20N6OS. The number of rotatable bonds is 2. The zero-order valence-corrected chi connectivity index (χ0v) is 15.7. The number of pyridine rings is 1. The topological polar surface area (TPSA) is 89.4 Å². The second kappa shape index (κ2) is 6.45. The lowest BCUT2D eigenvalue weighted by Crippen LogP contribution is -2.39. The maximum absolute atomic E-state index is 13.2. The van der Waals surface area contributed by atoms with Gasteiger partial charge in [-0.15, -0.1) is 16.4 Å². The second-order valence-electron chi connectivity index (χ2n) is 7.07. The van der Waals surface area contributed by atoms with E-state index < -0.39 is 0 Å². The lowest BCUT2D eigenvalue weighted by Gasteiger charge is -2.38. The molecule has 8 heteroatoms. The van der Waals surface area contributed by atoms with E-state index in [2.05, 4.69) is 21.1 Å². The van der Waals surface area contributed by atoms with Gasteiger partial charge in [-0.2, -0.15) is 4.52 Å². The fraction of sp³-hybridized carbons (Fsp3) is 0.368. The van der Waals surface area contributed by atoms with Crippen LogP contribution in [-0.4, -0.2) is 36.9 Å². The summed E-state index contributed by atoms with van der Waals surface area (Å²) in [6.07, 6.45) is 9.63.